The molecule has 2 heterocycles. The number of hydrogen-bond acceptors (Lipinski definition) is 2. The molecule has 0 fully saturated rings. The molecule has 6 heteroatoms. The standard InChI is InChI=1S/C14H11ClFN3S/c1-8(11-4-2-3-5-17-11)19-13-7-10(16)9(15)6-12(13)18-14(19)20/h2-8H,1H3,(H,18,20). The SMILES string of the molecule is CC(c1ccccn1)n1c(=S)[nH]c2cc(Cl)c(F)cc21. The van der Waals surface area contributed by atoms with Crippen LogP contribution in [0.4, 0.5) is 4.39 Å². The summed E-state index contributed by atoms with van der Waals surface area (Å²) >= 11 is 11.1. The molecular formula is C14H11ClFN3S. The van der Waals surface area contributed by atoms with Gasteiger partial charge in [0, 0.05) is 12.3 Å². The summed E-state index contributed by atoms with van der Waals surface area (Å²) in [5, 5.41) is 0.0754. The lowest BCUT2D eigenvalue weighted by molar-refractivity contribution is 0.616. The number of benzene rings is 1. The molecule has 0 aliphatic rings. The van der Waals surface area contributed by atoms with Gasteiger partial charge in [-0.2, -0.15) is 0 Å². The van der Waals surface area contributed by atoms with Gasteiger partial charge in [-0.25, -0.2) is 4.39 Å². The van der Waals surface area contributed by atoms with Gasteiger partial charge in [-0.1, -0.05) is 17.7 Å². The van der Waals surface area contributed by atoms with Crippen molar-refractivity contribution in [3.8, 4) is 0 Å². The molecule has 0 aliphatic heterocycles. The van der Waals surface area contributed by atoms with Crippen molar-refractivity contribution in [1.82, 2.24) is 14.5 Å². The lowest BCUT2D eigenvalue weighted by Gasteiger charge is -2.14. The zero-order valence-electron chi connectivity index (χ0n) is 10.6. The molecule has 0 saturated carbocycles. The molecule has 102 valence electrons. The first-order valence-electron chi connectivity index (χ1n) is 6.08. The van der Waals surface area contributed by atoms with Gasteiger partial charge in [0.25, 0.3) is 0 Å². The van der Waals surface area contributed by atoms with Crippen LogP contribution >= 0.6 is 23.8 Å². The smallest absolute Gasteiger partial charge is 0.178 e. The molecule has 1 aromatic carbocycles. The number of halogens is 2. The molecule has 20 heavy (non-hydrogen) atoms. The Morgan fingerprint density at radius 2 is 2.20 bits per heavy atom. The maximum absolute atomic E-state index is 13.7. The minimum absolute atomic E-state index is 0.0754. The second-order valence-electron chi connectivity index (χ2n) is 4.51. The number of nitrogens with one attached hydrogen (secondary N) is 1. The van der Waals surface area contributed by atoms with Crippen molar-refractivity contribution in [2.24, 2.45) is 0 Å². The fourth-order valence-corrected chi connectivity index (χ4v) is 2.79. The third kappa shape index (κ3) is 2.13. The van der Waals surface area contributed by atoms with Crippen LogP contribution in [0.5, 0.6) is 0 Å². The summed E-state index contributed by atoms with van der Waals surface area (Å²) < 4.78 is 16.0. The fraction of sp³-hybridized carbons (Fsp3) is 0.143. The largest absolute Gasteiger partial charge is 0.331 e. The minimum Gasteiger partial charge on any atom is -0.331 e. The summed E-state index contributed by atoms with van der Waals surface area (Å²) in [5.74, 6) is -0.463. The molecule has 3 aromatic rings. The number of nitrogens with zero attached hydrogens (tertiary/aromatic N) is 2. The van der Waals surface area contributed by atoms with Gasteiger partial charge in [0.15, 0.2) is 4.77 Å². The van der Waals surface area contributed by atoms with E-state index in [0.717, 1.165) is 5.69 Å². The van der Waals surface area contributed by atoms with Crippen LogP contribution in [0.15, 0.2) is 36.5 Å². The van der Waals surface area contributed by atoms with E-state index in [4.69, 9.17) is 23.8 Å². The molecule has 0 aliphatic carbocycles. The van der Waals surface area contributed by atoms with Gasteiger partial charge in [0.2, 0.25) is 0 Å². The van der Waals surface area contributed by atoms with E-state index in [2.05, 4.69) is 9.97 Å². The monoisotopic (exact) mass is 307 g/mol. The third-order valence-corrected chi connectivity index (χ3v) is 3.85. The summed E-state index contributed by atoms with van der Waals surface area (Å²) in [6.45, 7) is 1.97. The molecule has 3 rings (SSSR count). The summed E-state index contributed by atoms with van der Waals surface area (Å²) in [6.07, 6.45) is 1.72. The van der Waals surface area contributed by atoms with Gasteiger partial charge in [-0.3, -0.25) is 4.98 Å². The van der Waals surface area contributed by atoms with Gasteiger partial charge in [-0.15, -0.1) is 0 Å². The van der Waals surface area contributed by atoms with E-state index < -0.39 is 5.82 Å². The predicted molar refractivity (Wildman–Crippen MR) is 80.1 cm³/mol. The highest BCUT2D eigenvalue weighted by Gasteiger charge is 2.15. The Bertz CT molecular complexity index is 826. The van der Waals surface area contributed by atoms with Crippen LogP contribution in [0, 0.1) is 10.6 Å². The van der Waals surface area contributed by atoms with E-state index in [1.807, 2.05) is 29.7 Å². The first-order valence-corrected chi connectivity index (χ1v) is 6.86. The van der Waals surface area contributed by atoms with E-state index in [0.29, 0.717) is 15.8 Å². The van der Waals surface area contributed by atoms with E-state index in [1.54, 1.807) is 12.3 Å². The molecule has 1 N–H and O–H groups in total. The first-order chi connectivity index (χ1) is 9.58. The molecule has 3 nitrogen and oxygen atoms in total. The number of fused-ring (bicyclic) bond motifs is 1. The normalized spacial score (nSPS) is 12.8. The number of pyridine rings is 1. The average Bonchev–Trinajstić information content (AvgIpc) is 2.75. The lowest BCUT2D eigenvalue weighted by Crippen LogP contribution is -2.08. The number of rotatable bonds is 2. The van der Waals surface area contributed by atoms with Gasteiger partial charge < -0.3 is 9.55 Å². The maximum Gasteiger partial charge on any atom is 0.178 e. The van der Waals surface area contributed by atoms with E-state index in [1.165, 1.54) is 6.07 Å². The topological polar surface area (TPSA) is 33.6 Å². The molecule has 1 unspecified atom stereocenters. The summed E-state index contributed by atoms with van der Waals surface area (Å²) in [5.41, 5.74) is 2.25. The Morgan fingerprint density at radius 3 is 2.90 bits per heavy atom. The molecular weight excluding hydrogens is 297 g/mol. The maximum atomic E-state index is 13.7. The second-order valence-corrected chi connectivity index (χ2v) is 5.31. The van der Waals surface area contributed by atoms with Crippen molar-refractivity contribution in [2.75, 3.05) is 0 Å². The molecule has 0 bridgehead atoms. The summed E-state index contributed by atoms with van der Waals surface area (Å²) in [6, 6.07) is 8.52. The predicted octanol–water partition coefficient (Wildman–Crippen LogP) is 4.50. The highest BCUT2D eigenvalue weighted by Crippen LogP contribution is 2.27. The van der Waals surface area contributed by atoms with Crippen molar-refractivity contribution >= 4 is 34.9 Å². The van der Waals surface area contributed by atoms with E-state index in [-0.39, 0.29) is 11.1 Å². The van der Waals surface area contributed by atoms with Crippen LogP contribution in [0.1, 0.15) is 18.7 Å². The Hall–Kier alpha value is -1.72. The zero-order valence-corrected chi connectivity index (χ0v) is 12.2. The quantitative estimate of drug-likeness (QED) is 0.707. The van der Waals surface area contributed by atoms with Crippen molar-refractivity contribution in [2.45, 2.75) is 13.0 Å². The average molecular weight is 308 g/mol. The number of aromatic amines is 1. The van der Waals surface area contributed by atoms with Crippen LogP contribution in [-0.4, -0.2) is 14.5 Å². The van der Waals surface area contributed by atoms with Crippen LogP contribution in [0.2, 0.25) is 5.02 Å². The lowest BCUT2D eigenvalue weighted by atomic mass is 10.2. The van der Waals surface area contributed by atoms with Crippen molar-refractivity contribution in [3.05, 3.63) is 57.8 Å². The fourth-order valence-electron chi connectivity index (χ4n) is 2.26. The summed E-state index contributed by atoms with van der Waals surface area (Å²) in [4.78, 5) is 7.37. The Balaban J connectivity index is 2.24. The molecule has 0 spiro atoms. The van der Waals surface area contributed by atoms with Crippen LogP contribution < -0.4 is 0 Å². The number of imidazole rings is 1. The highest BCUT2D eigenvalue weighted by atomic mass is 35.5. The van der Waals surface area contributed by atoms with Crippen molar-refractivity contribution in [3.63, 3.8) is 0 Å². The van der Waals surface area contributed by atoms with Crippen molar-refractivity contribution in [1.29, 1.82) is 0 Å². The van der Waals surface area contributed by atoms with Gasteiger partial charge in [0.1, 0.15) is 5.82 Å². The van der Waals surface area contributed by atoms with Gasteiger partial charge in [-0.05, 0) is 37.3 Å². The molecule has 0 amide bonds. The van der Waals surface area contributed by atoms with E-state index >= 15 is 0 Å². The van der Waals surface area contributed by atoms with Gasteiger partial charge >= 0.3 is 0 Å². The second kappa shape index (κ2) is 5.00. The molecule has 1 atom stereocenters. The van der Waals surface area contributed by atoms with Gasteiger partial charge in [0.05, 0.1) is 27.8 Å². The van der Waals surface area contributed by atoms with Crippen LogP contribution in [-0.2, 0) is 0 Å². The summed E-state index contributed by atoms with van der Waals surface area (Å²) in [7, 11) is 0. The Morgan fingerprint density at radius 1 is 1.40 bits per heavy atom. The Labute approximate surface area is 125 Å². The Kier molecular flexibility index (Phi) is 3.31. The first kappa shape index (κ1) is 13.3. The molecule has 0 radical (unpaired) electrons. The van der Waals surface area contributed by atoms with Crippen molar-refractivity contribution < 1.29 is 4.39 Å². The molecule has 2 aromatic heterocycles. The minimum atomic E-state index is -0.463. The number of H-pyrrole nitrogens is 1. The number of aromatic nitrogens is 3. The van der Waals surface area contributed by atoms with Crippen LogP contribution in [0.3, 0.4) is 0 Å². The third-order valence-electron chi connectivity index (χ3n) is 3.26. The van der Waals surface area contributed by atoms with E-state index in [9.17, 15) is 4.39 Å². The zero-order chi connectivity index (χ0) is 14.3. The highest BCUT2D eigenvalue weighted by molar-refractivity contribution is 7.71. The van der Waals surface area contributed by atoms with Crippen LogP contribution in [0.25, 0.3) is 11.0 Å². The molecule has 0 saturated heterocycles. The number of hydrogen-bond donors (Lipinski definition) is 1.